The zero-order valence-electron chi connectivity index (χ0n) is 15.2. The lowest BCUT2D eigenvalue weighted by atomic mass is 10.0. The van der Waals surface area contributed by atoms with Gasteiger partial charge < -0.3 is 20.3 Å². The van der Waals surface area contributed by atoms with E-state index in [1.165, 1.54) is 0 Å². The normalized spacial score (nSPS) is 16.6. The van der Waals surface area contributed by atoms with Crippen molar-refractivity contribution in [2.24, 2.45) is 4.99 Å². The molecule has 0 radical (unpaired) electrons. The molecule has 1 aliphatic heterocycles. The van der Waals surface area contributed by atoms with E-state index in [2.05, 4.69) is 40.4 Å². The van der Waals surface area contributed by atoms with E-state index in [4.69, 9.17) is 4.74 Å². The van der Waals surface area contributed by atoms with Gasteiger partial charge in [-0.1, -0.05) is 18.2 Å². The molecule has 6 heteroatoms. The highest BCUT2D eigenvalue weighted by atomic mass is 127. The minimum absolute atomic E-state index is 0. The average molecular weight is 446 g/mol. The summed E-state index contributed by atoms with van der Waals surface area (Å²) in [7, 11) is 3.52. The lowest BCUT2D eigenvalue weighted by Gasteiger charge is -2.35. The molecule has 136 valence electrons. The van der Waals surface area contributed by atoms with E-state index in [1.54, 1.807) is 7.11 Å². The van der Waals surface area contributed by atoms with Gasteiger partial charge >= 0.3 is 0 Å². The molecule has 0 bridgehead atoms. The number of ether oxygens (including phenoxy) is 1. The molecule has 0 aromatic heterocycles. The third-order valence-electron chi connectivity index (χ3n) is 4.46. The maximum absolute atomic E-state index is 5.39. The van der Waals surface area contributed by atoms with Gasteiger partial charge in [0.25, 0.3) is 0 Å². The van der Waals surface area contributed by atoms with E-state index in [0.29, 0.717) is 18.6 Å². The standard InChI is InChI=1S/C18H30N4O.HI/c1-14(2)22-11-9-16(10-12-22)21-18(19-3)20-13-15-7-5-6-8-17(15)23-4;/h5-8,14,16H,9-13H2,1-4H3,(H2,19,20,21);1H. The van der Waals surface area contributed by atoms with Crippen molar-refractivity contribution in [3.63, 3.8) is 0 Å². The fourth-order valence-corrected chi connectivity index (χ4v) is 2.98. The van der Waals surface area contributed by atoms with Crippen LogP contribution in [0.4, 0.5) is 0 Å². The molecular weight excluding hydrogens is 415 g/mol. The van der Waals surface area contributed by atoms with Crippen LogP contribution in [0, 0.1) is 0 Å². The molecule has 1 fully saturated rings. The zero-order chi connectivity index (χ0) is 16.7. The number of nitrogens with one attached hydrogen (secondary N) is 2. The van der Waals surface area contributed by atoms with E-state index >= 15 is 0 Å². The van der Waals surface area contributed by atoms with E-state index < -0.39 is 0 Å². The maximum Gasteiger partial charge on any atom is 0.191 e. The molecule has 2 N–H and O–H groups in total. The highest BCUT2D eigenvalue weighted by Crippen LogP contribution is 2.17. The van der Waals surface area contributed by atoms with Crippen LogP contribution in [0.15, 0.2) is 29.3 Å². The highest BCUT2D eigenvalue weighted by Gasteiger charge is 2.21. The quantitative estimate of drug-likeness (QED) is 0.415. The number of likely N-dealkylation sites (tertiary alicyclic amines) is 1. The molecule has 1 aromatic rings. The number of rotatable bonds is 5. The number of aliphatic imine (C=N–C) groups is 1. The molecule has 1 aromatic carbocycles. The van der Waals surface area contributed by atoms with Gasteiger partial charge in [-0.2, -0.15) is 0 Å². The lowest BCUT2D eigenvalue weighted by molar-refractivity contribution is 0.167. The fraction of sp³-hybridized carbons (Fsp3) is 0.611. The molecule has 1 saturated heterocycles. The van der Waals surface area contributed by atoms with Gasteiger partial charge in [-0.15, -0.1) is 24.0 Å². The number of hydrogen-bond donors (Lipinski definition) is 2. The number of halogens is 1. The maximum atomic E-state index is 5.39. The topological polar surface area (TPSA) is 48.9 Å². The third kappa shape index (κ3) is 6.12. The van der Waals surface area contributed by atoms with Crippen LogP contribution < -0.4 is 15.4 Å². The van der Waals surface area contributed by atoms with Gasteiger partial charge in [0.05, 0.1) is 7.11 Å². The Balaban J connectivity index is 0.00000288. The van der Waals surface area contributed by atoms with Crippen LogP contribution >= 0.6 is 24.0 Å². The molecular formula is C18H31IN4O. The van der Waals surface area contributed by atoms with Crippen LogP contribution in [-0.2, 0) is 6.54 Å². The summed E-state index contributed by atoms with van der Waals surface area (Å²) in [5.41, 5.74) is 1.13. The number of benzene rings is 1. The van der Waals surface area contributed by atoms with Gasteiger partial charge in [0, 0.05) is 44.3 Å². The monoisotopic (exact) mass is 446 g/mol. The summed E-state index contributed by atoms with van der Waals surface area (Å²) in [5.74, 6) is 1.76. The first-order valence-electron chi connectivity index (χ1n) is 8.47. The molecule has 0 saturated carbocycles. The van der Waals surface area contributed by atoms with Crippen LogP contribution in [0.3, 0.4) is 0 Å². The summed E-state index contributed by atoms with van der Waals surface area (Å²) < 4.78 is 5.39. The van der Waals surface area contributed by atoms with Crippen LogP contribution in [0.2, 0.25) is 0 Å². The molecule has 0 aliphatic carbocycles. The molecule has 1 heterocycles. The average Bonchev–Trinajstić information content (AvgIpc) is 2.59. The minimum atomic E-state index is 0. The summed E-state index contributed by atoms with van der Waals surface area (Å²) in [5, 5.41) is 6.93. The van der Waals surface area contributed by atoms with Crippen molar-refractivity contribution in [2.75, 3.05) is 27.2 Å². The van der Waals surface area contributed by atoms with E-state index in [1.807, 2.05) is 25.2 Å². The van der Waals surface area contributed by atoms with E-state index in [0.717, 1.165) is 43.2 Å². The second-order valence-electron chi connectivity index (χ2n) is 6.29. The van der Waals surface area contributed by atoms with E-state index in [-0.39, 0.29) is 24.0 Å². The largest absolute Gasteiger partial charge is 0.496 e. The van der Waals surface area contributed by atoms with Crippen molar-refractivity contribution in [3.8, 4) is 5.75 Å². The van der Waals surface area contributed by atoms with Crippen LogP contribution in [0.25, 0.3) is 0 Å². The second kappa shape index (κ2) is 10.8. The predicted molar refractivity (Wildman–Crippen MR) is 111 cm³/mol. The molecule has 5 nitrogen and oxygen atoms in total. The van der Waals surface area contributed by atoms with Crippen LogP contribution in [0.5, 0.6) is 5.75 Å². The van der Waals surface area contributed by atoms with Crippen molar-refractivity contribution in [3.05, 3.63) is 29.8 Å². The van der Waals surface area contributed by atoms with Crippen LogP contribution in [0.1, 0.15) is 32.3 Å². The number of guanidine groups is 1. The van der Waals surface area contributed by atoms with Gasteiger partial charge in [0.2, 0.25) is 0 Å². The van der Waals surface area contributed by atoms with Crippen molar-refractivity contribution in [2.45, 2.75) is 45.3 Å². The Morgan fingerprint density at radius 3 is 2.54 bits per heavy atom. The van der Waals surface area contributed by atoms with Crippen molar-refractivity contribution in [1.82, 2.24) is 15.5 Å². The first-order chi connectivity index (χ1) is 11.1. The Bertz CT molecular complexity index is 513. The second-order valence-corrected chi connectivity index (χ2v) is 6.29. The molecule has 24 heavy (non-hydrogen) atoms. The summed E-state index contributed by atoms with van der Waals surface area (Å²) in [4.78, 5) is 6.88. The number of methoxy groups -OCH3 is 1. The summed E-state index contributed by atoms with van der Waals surface area (Å²) in [6, 6.07) is 9.19. The number of para-hydroxylation sites is 1. The van der Waals surface area contributed by atoms with Crippen LogP contribution in [-0.4, -0.2) is 50.2 Å². The Morgan fingerprint density at radius 2 is 1.96 bits per heavy atom. The molecule has 0 unspecified atom stereocenters. The Kier molecular flexibility index (Phi) is 9.43. The Morgan fingerprint density at radius 1 is 1.29 bits per heavy atom. The minimum Gasteiger partial charge on any atom is -0.496 e. The summed E-state index contributed by atoms with van der Waals surface area (Å²) in [6.07, 6.45) is 2.32. The Labute approximate surface area is 163 Å². The zero-order valence-corrected chi connectivity index (χ0v) is 17.5. The van der Waals surface area contributed by atoms with Gasteiger partial charge in [-0.05, 0) is 32.8 Å². The summed E-state index contributed by atoms with van der Waals surface area (Å²) >= 11 is 0. The lowest BCUT2D eigenvalue weighted by Crippen LogP contribution is -2.49. The SMILES string of the molecule is CN=C(NCc1ccccc1OC)NC1CCN(C(C)C)CC1.I. The summed E-state index contributed by atoms with van der Waals surface area (Å²) in [6.45, 7) is 7.54. The Hall–Kier alpha value is -1.02. The third-order valence-corrected chi connectivity index (χ3v) is 4.46. The molecule has 0 spiro atoms. The molecule has 2 rings (SSSR count). The van der Waals surface area contributed by atoms with Gasteiger partial charge in [-0.25, -0.2) is 0 Å². The fourth-order valence-electron chi connectivity index (χ4n) is 2.98. The number of hydrogen-bond acceptors (Lipinski definition) is 3. The first-order valence-corrected chi connectivity index (χ1v) is 8.47. The van der Waals surface area contributed by atoms with Gasteiger partial charge in [0.1, 0.15) is 5.75 Å². The first kappa shape index (κ1) is 21.0. The van der Waals surface area contributed by atoms with Crippen molar-refractivity contribution < 1.29 is 4.74 Å². The molecule has 1 aliphatic rings. The number of nitrogens with zero attached hydrogens (tertiary/aromatic N) is 2. The van der Waals surface area contributed by atoms with E-state index in [9.17, 15) is 0 Å². The van der Waals surface area contributed by atoms with Gasteiger partial charge in [-0.3, -0.25) is 4.99 Å². The smallest absolute Gasteiger partial charge is 0.191 e. The number of piperidine rings is 1. The van der Waals surface area contributed by atoms with Gasteiger partial charge in [0.15, 0.2) is 5.96 Å². The predicted octanol–water partition coefficient (Wildman–Crippen LogP) is 2.85. The van der Waals surface area contributed by atoms with Crippen molar-refractivity contribution >= 4 is 29.9 Å². The molecule has 0 amide bonds. The van der Waals surface area contributed by atoms with Crippen molar-refractivity contribution in [1.29, 1.82) is 0 Å². The molecule has 0 atom stereocenters. The highest BCUT2D eigenvalue weighted by molar-refractivity contribution is 14.0.